The Balaban J connectivity index is 1.64. The molecule has 0 aliphatic carbocycles. The number of aryl methyl sites for hydroxylation is 1. The predicted molar refractivity (Wildman–Crippen MR) is 111 cm³/mol. The van der Waals surface area contributed by atoms with Crippen molar-refractivity contribution in [2.24, 2.45) is 0 Å². The molecule has 3 N–H and O–H groups in total. The van der Waals surface area contributed by atoms with Crippen molar-refractivity contribution < 1.29 is 9.64 Å². The minimum Gasteiger partial charge on any atom is -0.497 e. The number of ether oxygens (including phenoxy) is 1. The van der Waals surface area contributed by atoms with Gasteiger partial charge in [0.05, 0.1) is 26.7 Å². The van der Waals surface area contributed by atoms with E-state index < -0.39 is 0 Å². The van der Waals surface area contributed by atoms with Gasteiger partial charge in [-0.1, -0.05) is 12.1 Å². The SMILES string of the molecule is COc1ccc([C@H](CNC(=S)Nc2cccc(C)c2)[NH+]2CCCC2)cc1. The monoisotopic (exact) mass is 370 g/mol. The van der Waals surface area contributed by atoms with Gasteiger partial charge in [0.15, 0.2) is 5.11 Å². The molecule has 2 aromatic carbocycles. The molecule has 0 saturated carbocycles. The Morgan fingerprint density at radius 2 is 1.88 bits per heavy atom. The van der Waals surface area contributed by atoms with E-state index in [2.05, 4.69) is 41.8 Å². The van der Waals surface area contributed by atoms with Gasteiger partial charge in [0.2, 0.25) is 0 Å². The van der Waals surface area contributed by atoms with E-state index in [1.54, 1.807) is 12.0 Å². The lowest BCUT2D eigenvalue weighted by Crippen LogP contribution is -3.11. The molecule has 138 valence electrons. The number of quaternary nitrogens is 1. The molecule has 26 heavy (non-hydrogen) atoms. The van der Waals surface area contributed by atoms with Gasteiger partial charge in [0.25, 0.3) is 0 Å². The van der Waals surface area contributed by atoms with Crippen molar-refractivity contribution >= 4 is 23.0 Å². The predicted octanol–water partition coefficient (Wildman–Crippen LogP) is 2.71. The first-order valence-electron chi connectivity index (χ1n) is 9.26. The number of hydrogen-bond donors (Lipinski definition) is 3. The van der Waals surface area contributed by atoms with E-state index in [0.717, 1.165) is 18.0 Å². The Kier molecular flexibility index (Phi) is 6.47. The van der Waals surface area contributed by atoms with E-state index >= 15 is 0 Å². The van der Waals surface area contributed by atoms with Crippen LogP contribution in [0.3, 0.4) is 0 Å². The molecule has 2 aromatic rings. The second-order valence-electron chi connectivity index (χ2n) is 6.90. The summed E-state index contributed by atoms with van der Waals surface area (Å²) in [5.74, 6) is 0.897. The Bertz CT molecular complexity index is 726. The summed E-state index contributed by atoms with van der Waals surface area (Å²) in [6.07, 6.45) is 2.60. The highest BCUT2D eigenvalue weighted by molar-refractivity contribution is 7.80. The maximum absolute atomic E-state index is 5.51. The number of methoxy groups -OCH3 is 1. The summed E-state index contributed by atoms with van der Waals surface area (Å²) in [6.45, 7) is 5.34. The number of hydrogen-bond acceptors (Lipinski definition) is 2. The maximum Gasteiger partial charge on any atom is 0.171 e. The first-order valence-corrected chi connectivity index (χ1v) is 9.66. The van der Waals surface area contributed by atoms with Crippen LogP contribution in [-0.4, -0.2) is 31.9 Å². The van der Waals surface area contributed by atoms with Crippen molar-refractivity contribution in [3.8, 4) is 5.75 Å². The van der Waals surface area contributed by atoms with Crippen LogP contribution in [0.4, 0.5) is 5.69 Å². The van der Waals surface area contributed by atoms with Gasteiger partial charge in [-0.25, -0.2) is 0 Å². The lowest BCUT2D eigenvalue weighted by Gasteiger charge is -2.26. The summed E-state index contributed by atoms with van der Waals surface area (Å²) < 4.78 is 5.30. The number of anilines is 1. The van der Waals surface area contributed by atoms with Crippen LogP contribution in [0, 0.1) is 6.92 Å². The molecular weight excluding hydrogens is 342 g/mol. The van der Waals surface area contributed by atoms with Gasteiger partial charge in [-0.3, -0.25) is 0 Å². The zero-order valence-electron chi connectivity index (χ0n) is 15.5. The topological polar surface area (TPSA) is 37.7 Å². The molecule has 1 aliphatic heterocycles. The molecule has 1 fully saturated rings. The number of benzene rings is 2. The van der Waals surface area contributed by atoms with Gasteiger partial charge in [-0.05, 0) is 61.1 Å². The lowest BCUT2D eigenvalue weighted by molar-refractivity contribution is -0.918. The lowest BCUT2D eigenvalue weighted by atomic mass is 10.1. The van der Waals surface area contributed by atoms with Crippen LogP contribution in [-0.2, 0) is 0 Å². The van der Waals surface area contributed by atoms with E-state index in [1.165, 1.54) is 37.1 Å². The summed E-state index contributed by atoms with van der Waals surface area (Å²) in [5, 5.41) is 7.39. The quantitative estimate of drug-likeness (QED) is 0.684. The Hall–Kier alpha value is -2.11. The van der Waals surface area contributed by atoms with Crippen molar-refractivity contribution in [2.75, 3.05) is 32.1 Å². The van der Waals surface area contributed by atoms with E-state index in [1.807, 2.05) is 24.3 Å². The van der Waals surface area contributed by atoms with Crippen LogP contribution in [0.1, 0.15) is 30.0 Å². The average Bonchev–Trinajstić information content (AvgIpc) is 3.17. The van der Waals surface area contributed by atoms with Crippen molar-refractivity contribution in [2.45, 2.75) is 25.8 Å². The zero-order chi connectivity index (χ0) is 18.4. The van der Waals surface area contributed by atoms with E-state index in [4.69, 9.17) is 17.0 Å². The molecule has 4 nitrogen and oxygen atoms in total. The fraction of sp³-hybridized carbons (Fsp3) is 0.381. The van der Waals surface area contributed by atoms with Crippen molar-refractivity contribution in [1.82, 2.24) is 5.32 Å². The molecule has 5 heteroatoms. The molecule has 0 spiro atoms. The smallest absolute Gasteiger partial charge is 0.171 e. The molecular formula is C21H28N3OS+. The van der Waals surface area contributed by atoms with E-state index in [0.29, 0.717) is 11.2 Å². The number of likely N-dealkylation sites (tertiary alicyclic amines) is 1. The molecule has 1 heterocycles. The third-order valence-electron chi connectivity index (χ3n) is 5.00. The first kappa shape index (κ1) is 18.7. The second-order valence-corrected chi connectivity index (χ2v) is 7.30. The summed E-state index contributed by atoms with van der Waals surface area (Å²) >= 11 is 5.51. The first-order chi connectivity index (χ1) is 12.7. The van der Waals surface area contributed by atoms with Crippen molar-refractivity contribution in [3.05, 3.63) is 59.7 Å². The molecule has 1 aliphatic rings. The second kappa shape index (κ2) is 9.01. The number of thiocarbonyl (C=S) groups is 1. The van der Waals surface area contributed by atoms with Gasteiger partial charge >= 0.3 is 0 Å². The molecule has 1 saturated heterocycles. The third kappa shape index (κ3) is 4.96. The van der Waals surface area contributed by atoms with Crippen LogP contribution in [0.15, 0.2) is 48.5 Å². The molecule has 1 atom stereocenters. The molecule has 0 bridgehead atoms. The fourth-order valence-electron chi connectivity index (χ4n) is 3.60. The summed E-state index contributed by atoms with van der Waals surface area (Å²) in [5.41, 5.74) is 3.57. The summed E-state index contributed by atoms with van der Waals surface area (Å²) in [6, 6.07) is 17.1. The van der Waals surface area contributed by atoms with Crippen LogP contribution in [0.5, 0.6) is 5.75 Å². The van der Waals surface area contributed by atoms with Gasteiger partial charge in [-0.2, -0.15) is 0 Å². The summed E-state index contributed by atoms with van der Waals surface area (Å²) in [4.78, 5) is 1.63. The normalized spacial score (nSPS) is 15.5. The zero-order valence-corrected chi connectivity index (χ0v) is 16.4. The van der Waals surface area contributed by atoms with Crippen molar-refractivity contribution in [1.29, 1.82) is 0 Å². The van der Waals surface area contributed by atoms with Crippen LogP contribution in [0.25, 0.3) is 0 Å². The Labute approximate surface area is 161 Å². The maximum atomic E-state index is 5.51. The highest BCUT2D eigenvalue weighted by Gasteiger charge is 2.27. The molecule has 0 aromatic heterocycles. The molecule has 0 unspecified atom stereocenters. The molecule has 3 rings (SSSR count). The summed E-state index contributed by atoms with van der Waals surface area (Å²) in [7, 11) is 1.70. The Morgan fingerprint density at radius 3 is 2.54 bits per heavy atom. The number of rotatable bonds is 6. The van der Waals surface area contributed by atoms with E-state index in [-0.39, 0.29) is 0 Å². The average molecular weight is 371 g/mol. The number of nitrogens with one attached hydrogen (secondary N) is 3. The minimum absolute atomic E-state index is 0.390. The van der Waals surface area contributed by atoms with Crippen LogP contribution in [0.2, 0.25) is 0 Å². The van der Waals surface area contributed by atoms with Gasteiger partial charge < -0.3 is 20.3 Å². The van der Waals surface area contributed by atoms with Crippen molar-refractivity contribution in [3.63, 3.8) is 0 Å². The van der Waals surface area contributed by atoms with E-state index in [9.17, 15) is 0 Å². The fourth-order valence-corrected chi connectivity index (χ4v) is 3.81. The van der Waals surface area contributed by atoms with Crippen LogP contribution >= 0.6 is 12.2 Å². The van der Waals surface area contributed by atoms with Crippen LogP contribution < -0.4 is 20.3 Å². The standard InChI is InChI=1S/C21H27N3OS/c1-16-6-5-7-18(14-16)23-21(26)22-15-20(24-12-3-4-13-24)17-8-10-19(25-2)11-9-17/h5-11,14,20H,3-4,12-13,15H2,1-2H3,(H2,22,23,26)/p+1/t20-/m0/s1. The minimum atomic E-state index is 0.390. The highest BCUT2D eigenvalue weighted by Crippen LogP contribution is 2.17. The van der Waals surface area contributed by atoms with Gasteiger partial charge in [0, 0.05) is 24.1 Å². The molecule has 0 amide bonds. The highest BCUT2D eigenvalue weighted by atomic mass is 32.1. The Morgan fingerprint density at radius 1 is 1.15 bits per heavy atom. The molecule has 0 radical (unpaired) electrons. The van der Waals surface area contributed by atoms with Gasteiger partial charge in [0.1, 0.15) is 11.8 Å². The third-order valence-corrected chi connectivity index (χ3v) is 5.25. The largest absolute Gasteiger partial charge is 0.497 e. The van der Waals surface area contributed by atoms with Gasteiger partial charge in [-0.15, -0.1) is 0 Å².